The number of halogens is 1. The maximum absolute atomic E-state index is 11.4. The molecule has 0 saturated heterocycles. The summed E-state index contributed by atoms with van der Waals surface area (Å²) in [6.07, 6.45) is 0. The predicted molar refractivity (Wildman–Crippen MR) is 21.4 cm³/mol. The highest BCUT2D eigenvalue weighted by atomic mass is 19.2. The van der Waals surface area contributed by atoms with Crippen LogP contribution in [0.1, 0.15) is 0 Å². The van der Waals surface area contributed by atoms with Gasteiger partial charge in [0, 0.05) is 7.05 Å². The van der Waals surface area contributed by atoms with Crippen LogP contribution in [-0.4, -0.2) is 29.8 Å². The molecular weight excluding hydrogens is 101 g/mol. The summed E-state index contributed by atoms with van der Waals surface area (Å²) in [6, 6.07) is 0. The first kappa shape index (κ1) is 6.36. The molecule has 0 aromatic carbocycles. The van der Waals surface area contributed by atoms with Gasteiger partial charge in [0.05, 0.1) is 0 Å². The fraction of sp³-hybridized carbons (Fsp3) is 0.667. The Morgan fingerprint density at radius 1 is 2.00 bits per heavy atom. The summed E-state index contributed by atoms with van der Waals surface area (Å²) < 4.78 is 11.4. The first-order chi connectivity index (χ1) is 3.13. The molecule has 0 aliphatic heterocycles. The minimum absolute atomic E-state index is 0.0995. The molecule has 0 spiro atoms. The van der Waals surface area contributed by atoms with E-state index in [0.29, 0.717) is 0 Å². The number of aliphatic carboxylic acids is 1. The van der Waals surface area contributed by atoms with Crippen molar-refractivity contribution in [1.29, 1.82) is 0 Å². The molecule has 7 heavy (non-hydrogen) atoms. The molecule has 0 fully saturated rings. The highest BCUT2D eigenvalue weighted by Crippen LogP contribution is 1.77. The van der Waals surface area contributed by atoms with Crippen LogP contribution in [-0.2, 0) is 4.79 Å². The first-order valence-electron chi connectivity index (χ1n) is 1.71. The van der Waals surface area contributed by atoms with Crippen LogP contribution in [0.15, 0.2) is 0 Å². The molecule has 4 heteroatoms. The lowest BCUT2D eigenvalue weighted by atomic mass is 10.7. The van der Waals surface area contributed by atoms with Gasteiger partial charge < -0.3 is 5.11 Å². The van der Waals surface area contributed by atoms with Crippen molar-refractivity contribution in [1.82, 2.24) is 5.12 Å². The molecule has 3 nitrogen and oxygen atoms in total. The van der Waals surface area contributed by atoms with Gasteiger partial charge in [-0.3, -0.25) is 4.79 Å². The van der Waals surface area contributed by atoms with Crippen LogP contribution in [0.3, 0.4) is 0 Å². The molecule has 0 heterocycles. The van der Waals surface area contributed by atoms with E-state index in [0.717, 1.165) is 7.05 Å². The summed E-state index contributed by atoms with van der Waals surface area (Å²) in [6.45, 7) is -0.556. The van der Waals surface area contributed by atoms with Crippen molar-refractivity contribution >= 4 is 5.97 Å². The zero-order valence-electron chi connectivity index (χ0n) is 3.89. The van der Waals surface area contributed by atoms with Gasteiger partial charge in [-0.25, -0.2) is 0 Å². The molecule has 0 atom stereocenters. The summed E-state index contributed by atoms with van der Waals surface area (Å²) in [5.41, 5.74) is 0. The van der Waals surface area contributed by atoms with E-state index in [-0.39, 0.29) is 5.12 Å². The third kappa shape index (κ3) is 5.36. The van der Waals surface area contributed by atoms with Gasteiger partial charge in [0.25, 0.3) is 0 Å². The second kappa shape index (κ2) is 2.52. The van der Waals surface area contributed by atoms with Crippen LogP contribution in [0.2, 0.25) is 0 Å². The third-order valence-electron chi connectivity index (χ3n) is 0.353. The second-order valence-electron chi connectivity index (χ2n) is 1.16. The smallest absolute Gasteiger partial charge is 0.320 e. The van der Waals surface area contributed by atoms with Crippen LogP contribution in [0.4, 0.5) is 4.48 Å². The van der Waals surface area contributed by atoms with Crippen molar-refractivity contribution in [3.05, 3.63) is 0 Å². The SMILES string of the molecule is CN(F)CC(=O)O. The second-order valence-corrected chi connectivity index (χ2v) is 1.16. The molecule has 0 radical (unpaired) electrons. The van der Waals surface area contributed by atoms with Crippen molar-refractivity contribution in [2.45, 2.75) is 0 Å². The minimum Gasteiger partial charge on any atom is -0.480 e. The number of nitrogens with zero attached hydrogens (tertiary/aromatic N) is 1. The van der Waals surface area contributed by atoms with Gasteiger partial charge >= 0.3 is 5.97 Å². The van der Waals surface area contributed by atoms with E-state index in [1.54, 1.807) is 0 Å². The summed E-state index contributed by atoms with van der Waals surface area (Å²) in [5.74, 6) is -1.16. The molecule has 0 aromatic heterocycles. The van der Waals surface area contributed by atoms with Gasteiger partial charge in [0.15, 0.2) is 0 Å². The average molecular weight is 107 g/mol. The summed E-state index contributed by atoms with van der Waals surface area (Å²) >= 11 is 0. The van der Waals surface area contributed by atoms with Crippen molar-refractivity contribution in [3.8, 4) is 0 Å². The van der Waals surface area contributed by atoms with Gasteiger partial charge in [-0.1, -0.05) is 0 Å². The van der Waals surface area contributed by atoms with E-state index < -0.39 is 12.5 Å². The van der Waals surface area contributed by atoms with E-state index >= 15 is 0 Å². The number of carbonyl (C=O) groups is 1. The van der Waals surface area contributed by atoms with Gasteiger partial charge in [-0.05, 0) is 0 Å². The monoisotopic (exact) mass is 107 g/mol. The Kier molecular flexibility index (Phi) is 2.29. The van der Waals surface area contributed by atoms with Crippen molar-refractivity contribution in [3.63, 3.8) is 0 Å². The van der Waals surface area contributed by atoms with Gasteiger partial charge in [0.2, 0.25) is 0 Å². The Hall–Kier alpha value is -0.640. The van der Waals surface area contributed by atoms with Gasteiger partial charge in [0.1, 0.15) is 6.54 Å². The number of rotatable bonds is 2. The maximum atomic E-state index is 11.4. The Bertz CT molecular complexity index is 73.3. The molecule has 1 N–H and O–H groups in total. The molecule has 0 rings (SSSR count). The first-order valence-corrected chi connectivity index (χ1v) is 1.71. The van der Waals surface area contributed by atoms with Crippen LogP contribution in [0, 0.1) is 0 Å². The predicted octanol–water partition coefficient (Wildman–Crippen LogP) is -0.113. The van der Waals surface area contributed by atoms with E-state index in [4.69, 9.17) is 5.11 Å². The molecule has 0 aliphatic carbocycles. The molecule has 0 amide bonds. The van der Waals surface area contributed by atoms with Crippen LogP contribution >= 0.6 is 0 Å². The molecule has 0 bridgehead atoms. The summed E-state index contributed by atoms with van der Waals surface area (Å²) in [5, 5.41) is 7.90. The Morgan fingerprint density at radius 2 is 2.43 bits per heavy atom. The molecular formula is C3H6FNO2. The number of hydrogen-bond donors (Lipinski definition) is 1. The largest absolute Gasteiger partial charge is 0.480 e. The molecule has 0 saturated carbocycles. The van der Waals surface area contributed by atoms with Crippen molar-refractivity contribution in [2.24, 2.45) is 0 Å². The Morgan fingerprint density at radius 3 is 2.43 bits per heavy atom. The number of carboxylic acid groups (broad SMARTS) is 1. The fourth-order valence-corrected chi connectivity index (χ4v) is 0.186. The van der Waals surface area contributed by atoms with Crippen LogP contribution in [0.25, 0.3) is 0 Å². The van der Waals surface area contributed by atoms with Crippen molar-refractivity contribution in [2.75, 3.05) is 13.6 Å². The lowest BCUT2D eigenvalue weighted by molar-refractivity contribution is -0.141. The van der Waals surface area contributed by atoms with Crippen LogP contribution in [0.5, 0.6) is 0 Å². The molecule has 0 unspecified atom stereocenters. The quantitative estimate of drug-likeness (QED) is 0.500. The standard InChI is InChI=1S/C3H6FNO2/c1-5(4)2-3(6)7/h2H2,1H3,(H,6,7). The fourth-order valence-electron chi connectivity index (χ4n) is 0.186. The zero-order valence-corrected chi connectivity index (χ0v) is 3.89. The van der Waals surface area contributed by atoms with E-state index in [1.165, 1.54) is 0 Å². The summed E-state index contributed by atoms with van der Waals surface area (Å²) in [4.78, 5) is 9.53. The Balaban J connectivity index is 3.13. The van der Waals surface area contributed by atoms with E-state index in [2.05, 4.69) is 0 Å². The van der Waals surface area contributed by atoms with E-state index in [1.807, 2.05) is 0 Å². The third-order valence-corrected chi connectivity index (χ3v) is 0.353. The molecule has 0 aromatic rings. The van der Waals surface area contributed by atoms with E-state index in [9.17, 15) is 9.28 Å². The number of hydrogen-bond acceptors (Lipinski definition) is 2. The number of carboxylic acids is 1. The normalized spacial score (nSPS) is 9.57. The van der Waals surface area contributed by atoms with Crippen molar-refractivity contribution < 1.29 is 14.4 Å². The van der Waals surface area contributed by atoms with Gasteiger partial charge in [-0.2, -0.15) is 0 Å². The highest BCUT2D eigenvalue weighted by molar-refractivity contribution is 5.68. The number of likely N-dealkylation sites (N-methyl/N-ethyl adjacent to an activating group) is 1. The summed E-state index contributed by atoms with van der Waals surface area (Å²) in [7, 11) is 1.05. The average Bonchev–Trinajstić information content (AvgIpc) is 1.27. The minimum atomic E-state index is -1.16. The zero-order chi connectivity index (χ0) is 5.86. The lowest BCUT2D eigenvalue weighted by Gasteiger charge is -1.95. The molecule has 42 valence electrons. The van der Waals surface area contributed by atoms with Gasteiger partial charge in [-0.15, -0.1) is 9.60 Å². The topological polar surface area (TPSA) is 40.5 Å². The molecule has 0 aliphatic rings. The highest BCUT2D eigenvalue weighted by Gasteiger charge is 1.98. The maximum Gasteiger partial charge on any atom is 0.320 e. The Labute approximate surface area is 40.3 Å². The lowest BCUT2D eigenvalue weighted by Crippen LogP contribution is -2.16. The van der Waals surface area contributed by atoms with Crippen LogP contribution < -0.4 is 0 Å².